The van der Waals surface area contributed by atoms with Crippen LogP contribution in [-0.4, -0.2) is 37.5 Å². The minimum Gasteiger partial charge on any atom is -0.493 e. The van der Waals surface area contributed by atoms with Gasteiger partial charge in [0.2, 0.25) is 5.13 Å². The number of rotatable bonds is 9. The molecule has 0 aliphatic heterocycles. The van der Waals surface area contributed by atoms with E-state index in [9.17, 15) is 4.79 Å². The van der Waals surface area contributed by atoms with E-state index in [2.05, 4.69) is 15.5 Å². The van der Waals surface area contributed by atoms with Crippen molar-refractivity contribution in [1.82, 2.24) is 4.98 Å². The molecule has 8 heteroatoms. The largest absolute Gasteiger partial charge is 0.493 e. The Balaban J connectivity index is 2.04. The Morgan fingerprint density at radius 2 is 2.15 bits per heavy atom. The topological polar surface area (TPSA) is 82.0 Å². The highest BCUT2D eigenvalue weighted by atomic mass is 32.1. The maximum atomic E-state index is 11.8. The van der Waals surface area contributed by atoms with Crippen LogP contribution in [0, 0.1) is 6.92 Å². The number of hydrogen-bond acceptors (Lipinski definition) is 8. The van der Waals surface area contributed by atoms with Crippen LogP contribution in [-0.2, 0) is 4.74 Å². The molecule has 1 N–H and O–H groups in total. The summed E-state index contributed by atoms with van der Waals surface area (Å²) in [6.45, 7) is 6.55. The number of nitrogens with zero attached hydrogens (tertiary/aromatic N) is 2. The van der Waals surface area contributed by atoms with E-state index in [1.165, 1.54) is 11.3 Å². The molecule has 0 amide bonds. The van der Waals surface area contributed by atoms with Crippen LogP contribution in [0.15, 0.2) is 23.3 Å². The molecule has 0 unspecified atom stereocenters. The lowest BCUT2D eigenvalue weighted by molar-refractivity contribution is 0.0531. The van der Waals surface area contributed by atoms with Crippen LogP contribution in [0.4, 0.5) is 5.13 Å². The third kappa shape index (κ3) is 5.19. The molecule has 2 aromatic rings. The SMILES string of the molecule is CCCOc1ccc(/C=N\Nc2nc(C)c(C(=O)OCC)s2)cc1OC. The van der Waals surface area contributed by atoms with Crippen molar-refractivity contribution < 1.29 is 19.0 Å². The molecule has 1 aromatic carbocycles. The Bertz CT molecular complexity index is 774. The summed E-state index contributed by atoms with van der Waals surface area (Å²) in [7, 11) is 1.60. The molecule has 0 spiro atoms. The highest BCUT2D eigenvalue weighted by Crippen LogP contribution is 2.28. The number of thiazole rings is 1. The number of methoxy groups -OCH3 is 1. The Kier molecular flexibility index (Phi) is 7.40. The van der Waals surface area contributed by atoms with Gasteiger partial charge in [0.05, 0.1) is 32.2 Å². The zero-order valence-electron chi connectivity index (χ0n) is 15.4. The number of anilines is 1. The number of hydrogen-bond donors (Lipinski definition) is 1. The first kappa shape index (κ1) is 19.7. The molecule has 1 aromatic heterocycles. The number of ether oxygens (including phenoxy) is 3. The molecule has 0 aliphatic rings. The van der Waals surface area contributed by atoms with Gasteiger partial charge >= 0.3 is 5.97 Å². The Hall–Kier alpha value is -2.61. The van der Waals surface area contributed by atoms with Crippen LogP contribution in [0.1, 0.15) is 41.2 Å². The summed E-state index contributed by atoms with van der Waals surface area (Å²) in [6.07, 6.45) is 2.57. The predicted molar refractivity (Wildman–Crippen MR) is 103 cm³/mol. The first-order valence-electron chi connectivity index (χ1n) is 8.33. The molecule has 1 heterocycles. The fourth-order valence-corrected chi connectivity index (χ4v) is 2.90. The van der Waals surface area contributed by atoms with Gasteiger partial charge in [0.15, 0.2) is 11.5 Å². The number of hydrazone groups is 1. The first-order chi connectivity index (χ1) is 12.6. The van der Waals surface area contributed by atoms with Gasteiger partial charge in [0.1, 0.15) is 4.88 Å². The summed E-state index contributed by atoms with van der Waals surface area (Å²) in [5.41, 5.74) is 4.30. The number of benzene rings is 1. The van der Waals surface area contributed by atoms with E-state index in [1.807, 2.05) is 25.1 Å². The monoisotopic (exact) mass is 377 g/mol. The number of nitrogens with one attached hydrogen (secondary N) is 1. The molecule has 0 aliphatic carbocycles. The van der Waals surface area contributed by atoms with Crippen LogP contribution < -0.4 is 14.9 Å². The molecule has 0 radical (unpaired) electrons. The second-order valence-electron chi connectivity index (χ2n) is 5.28. The normalized spacial score (nSPS) is 10.8. The maximum Gasteiger partial charge on any atom is 0.350 e. The molecular formula is C18H23N3O4S. The van der Waals surface area contributed by atoms with Crippen molar-refractivity contribution in [2.75, 3.05) is 25.7 Å². The third-order valence-corrected chi connectivity index (χ3v) is 4.32. The molecule has 0 saturated carbocycles. The van der Waals surface area contributed by atoms with Crippen molar-refractivity contribution in [3.63, 3.8) is 0 Å². The number of carbonyl (C=O) groups excluding carboxylic acids is 1. The summed E-state index contributed by atoms with van der Waals surface area (Å²) < 4.78 is 16.0. The van der Waals surface area contributed by atoms with Gasteiger partial charge in [-0.1, -0.05) is 18.3 Å². The van der Waals surface area contributed by atoms with E-state index in [4.69, 9.17) is 14.2 Å². The summed E-state index contributed by atoms with van der Waals surface area (Å²) in [5.74, 6) is 0.984. The van der Waals surface area contributed by atoms with Crippen molar-refractivity contribution in [2.45, 2.75) is 27.2 Å². The Labute approximate surface area is 157 Å². The maximum absolute atomic E-state index is 11.8. The van der Waals surface area contributed by atoms with Crippen molar-refractivity contribution in [1.29, 1.82) is 0 Å². The average Bonchev–Trinajstić information content (AvgIpc) is 3.01. The fraction of sp³-hybridized carbons (Fsp3) is 0.389. The Morgan fingerprint density at radius 3 is 2.85 bits per heavy atom. The number of esters is 1. The average molecular weight is 377 g/mol. The van der Waals surface area contributed by atoms with E-state index < -0.39 is 0 Å². The minimum atomic E-state index is -0.369. The van der Waals surface area contributed by atoms with Gasteiger partial charge in [0, 0.05) is 0 Å². The minimum absolute atomic E-state index is 0.330. The van der Waals surface area contributed by atoms with Gasteiger partial charge in [0.25, 0.3) is 0 Å². The predicted octanol–water partition coefficient (Wildman–Crippen LogP) is 3.87. The van der Waals surface area contributed by atoms with Crippen LogP contribution in [0.2, 0.25) is 0 Å². The molecule has 0 saturated heterocycles. The smallest absolute Gasteiger partial charge is 0.350 e. The molecule has 140 valence electrons. The lowest BCUT2D eigenvalue weighted by atomic mass is 10.2. The number of aryl methyl sites for hydroxylation is 1. The summed E-state index contributed by atoms with van der Waals surface area (Å²) in [4.78, 5) is 16.6. The zero-order valence-corrected chi connectivity index (χ0v) is 16.2. The van der Waals surface area contributed by atoms with Gasteiger partial charge in [-0.2, -0.15) is 5.10 Å². The van der Waals surface area contributed by atoms with Crippen LogP contribution >= 0.6 is 11.3 Å². The zero-order chi connectivity index (χ0) is 18.9. The second kappa shape index (κ2) is 9.76. The quantitative estimate of drug-likeness (QED) is 0.406. The van der Waals surface area contributed by atoms with Gasteiger partial charge in [-0.3, -0.25) is 5.43 Å². The molecule has 0 bridgehead atoms. The van der Waals surface area contributed by atoms with Gasteiger partial charge in [-0.05, 0) is 44.0 Å². The summed E-state index contributed by atoms with van der Waals surface area (Å²) in [5, 5.41) is 4.69. The third-order valence-electron chi connectivity index (χ3n) is 3.28. The molecular weight excluding hydrogens is 354 g/mol. The van der Waals surface area contributed by atoms with Crippen LogP contribution in [0.3, 0.4) is 0 Å². The van der Waals surface area contributed by atoms with E-state index >= 15 is 0 Å². The van der Waals surface area contributed by atoms with E-state index in [0.29, 0.717) is 40.4 Å². The first-order valence-corrected chi connectivity index (χ1v) is 9.15. The highest BCUT2D eigenvalue weighted by Gasteiger charge is 2.15. The van der Waals surface area contributed by atoms with Crippen molar-refractivity contribution in [3.05, 3.63) is 34.3 Å². The van der Waals surface area contributed by atoms with Crippen molar-refractivity contribution in [3.8, 4) is 11.5 Å². The molecule has 0 atom stereocenters. The van der Waals surface area contributed by atoms with Gasteiger partial charge in [-0.25, -0.2) is 9.78 Å². The summed E-state index contributed by atoms with van der Waals surface area (Å²) in [6, 6.07) is 5.57. The number of carbonyl (C=O) groups is 1. The van der Waals surface area contributed by atoms with E-state index in [1.54, 1.807) is 27.2 Å². The van der Waals surface area contributed by atoms with Crippen molar-refractivity contribution >= 4 is 28.7 Å². The fourth-order valence-electron chi connectivity index (χ4n) is 2.09. The molecule has 0 fully saturated rings. The van der Waals surface area contributed by atoms with E-state index in [0.717, 1.165) is 12.0 Å². The molecule has 26 heavy (non-hydrogen) atoms. The molecule has 7 nitrogen and oxygen atoms in total. The van der Waals surface area contributed by atoms with Crippen LogP contribution in [0.25, 0.3) is 0 Å². The molecule has 2 rings (SSSR count). The standard InChI is InChI=1S/C18H23N3O4S/c1-5-9-25-14-8-7-13(10-15(14)23-4)11-19-21-18-20-12(3)16(26-18)17(22)24-6-2/h7-8,10-11H,5-6,9H2,1-4H3,(H,20,21)/b19-11-. The van der Waals surface area contributed by atoms with Gasteiger partial charge < -0.3 is 14.2 Å². The lowest BCUT2D eigenvalue weighted by Crippen LogP contribution is -2.03. The summed E-state index contributed by atoms with van der Waals surface area (Å²) >= 11 is 1.21. The highest BCUT2D eigenvalue weighted by molar-refractivity contribution is 7.17. The van der Waals surface area contributed by atoms with Crippen molar-refractivity contribution in [2.24, 2.45) is 5.10 Å². The van der Waals surface area contributed by atoms with Gasteiger partial charge in [-0.15, -0.1) is 0 Å². The Morgan fingerprint density at radius 1 is 1.35 bits per heavy atom. The second-order valence-corrected chi connectivity index (χ2v) is 6.28. The number of aromatic nitrogens is 1. The lowest BCUT2D eigenvalue weighted by Gasteiger charge is -2.10. The van der Waals surface area contributed by atoms with Crippen LogP contribution in [0.5, 0.6) is 11.5 Å². The van der Waals surface area contributed by atoms with E-state index in [-0.39, 0.29) is 5.97 Å².